The second kappa shape index (κ2) is 5.29. The van der Waals surface area contributed by atoms with Crippen LogP contribution < -0.4 is 0 Å². The summed E-state index contributed by atoms with van der Waals surface area (Å²) in [5.41, 5.74) is 0.920. The Labute approximate surface area is 115 Å². The molecule has 0 saturated carbocycles. The van der Waals surface area contributed by atoms with E-state index in [1.54, 1.807) is 18.4 Å². The maximum Gasteiger partial charge on any atom is 0.195 e. The quantitative estimate of drug-likeness (QED) is 0.877. The molecule has 2 aromatic heterocycles. The summed E-state index contributed by atoms with van der Waals surface area (Å²) in [7, 11) is 3.56. The Kier molecular flexibility index (Phi) is 3.94. The lowest BCUT2D eigenvalue weighted by Crippen LogP contribution is -1.96. The fourth-order valence-corrected chi connectivity index (χ4v) is 2.81. The molecule has 0 saturated heterocycles. The number of methoxy groups -OCH3 is 1. The highest BCUT2D eigenvalue weighted by molar-refractivity contribution is 7.71. The summed E-state index contributed by atoms with van der Waals surface area (Å²) in [4.78, 5) is 5.64. The van der Waals surface area contributed by atoms with Gasteiger partial charge in [-0.15, -0.1) is 11.3 Å². The van der Waals surface area contributed by atoms with E-state index in [0.717, 1.165) is 21.4 Å². The van der Waals surface area contributed by atoms with E-state index in [2.05, 4.69) is 29.0 Å². The molecule has 1 N–H and O–H groups in total. The van der Waals surface area contributed by atoms with Crippen LogP contribution in [-0.2, 0) is 18.4 Å². The molecule has 5 nitrogen and oxygen atoms in total. The summed E-state index contributed by atoms with van der Waals surface area (Å²) >= 11 is 6.79. The second-order valence-corrected chi connectivity index (χ2v) is 5.74. The molecule has 0 aliphatic heterocycles. The molecule has 7 heteroatoms. The van der Waals surface area contributed by atoms with Crippen LogP contribution >= 0.6 is 23.6 Å². The van der Waals surface area contributed by atoms with E-state index in [1.165, 1.54) is 0 Å². The molecule has 0 aliphatic carbocycles. The number of H-pyrrole nitrogens is 1. The highest BCUT2D eigenvalue weighted by Crippen LogP contribution is 2.32. The van der Waals surface area contributed by atoms with Crippen molar-refractivity contribution in [1.82, 2.24) is 19.7 Å². The third kappa shape index (κ3) is 2.38. The van der Waals surface area contributed by atoms with Gasteiger partial charge in [-0.2, -0.15) is 5.10 Å². The molecule has 2 heterocycles. The second-order valence-electron chi connectivity index (χ2n) is 4.33. The van der Waals surface area contributed by atoms with E-state index in [4.69, 9.17) is 17.0 Å². The average Bonchev–Trinajstić information content (AvgIpc) is 2.86. The van der Waals surface area contributed by atoms with E-state index >= 15 is 0 Å². The third-order valence-electron chi connectivity index (χ3n) is 2.57. The predicted octanol–water partition coefficient (Wildman–Crippen LogP) is 2.87. The number of nitrogens with one attached hydrogen (secondary N) is 1. The van der Waals surface area contributed by atoms with Crippen LogP contribution in [0.5, 0.6) is 0 Å². The van der Waals surface area contributed by atoms with Gasteiger partial charge in [-0.05, 0) is 12.2 Å². The van der Waals surface area contributed by atoms with Crippen LogP contribution in [0, 0.1) is 4.77 Å². The van der Waals surface area contributed by atoms with Gasteiger partial charge in [0.05, 0.1) is 22.2 Å². The van der Waals surface area contributed by atoms with Crippen LogP contribution in [0.25, 0.3) is 10.7 Å². The summed E-state index contributed by atoms with van der Waals surface area (Å²) in [6, 6.07) is 0. The van der Waals surface area contributed by atoms with Crippen LogP contribution in [0.15, 0.2) is 0 Å². The molecule has 2 aromatic rings. The van der Waals surface area contributed by atoms with Crippen molar-refractivity contribution in [3.8, 4) is 10.7 Å². The Hall–Kier alpha value is -1.05. The minimum absolute atomic E-state index is 0.395. The van der Waals surface area contributed by atoms with Crippen LogP contribution in [0.4, 0.5) is 0 Å². The Balaban J connectivity index is 2.54. The summed E-state index contributed by atoms with van der Waals surface area (Å²) in [6.07, 6.45) is 0. The zero-order chi connectivity index (χ0) is 13.3. The summed E-state index contributed by atoms with van der Waals surface area (Å²) < 4.78 is 7.66. The van der Waals surface area contributed by atoms with Crippen molar-refractivity contribution in [2.24, 2.45) is 7.05 Å². The number of rotatable bonds is 4. The Morgan fingerprint density at radius 2 is 2.22 bits per heavy atom. The zero-order valence-corrected chi connectivity index (χ0v) is 12.5. The van der Waals surface area contributed by atoms with Gasteiger partial charge in [0, 0.05) is 20.1 Å². The fourth-order valence-electron chi connectivity index (χ4n) is 1.58. The molecule has 0 unspecified atom stereocenters. The minimum atomic E-state index is 0.395. The van der Waals surface area contributed by atoms with Gasteiger partial charge in [-0.25, -0.2) is 4.98 Å². The monoisotopic (exact) mass is 284 g/mol. The van der Waals surface area contributed by atoms with Gasteiger partial charge >= 0.3 is 0 Å². The summed E-state index contributed by atoms with van der Waals surface area (Å²) in [5, 5.41) is 8.15. The molecule has 0 aromatic carbocycles. The molecule has 0 radical (unpaired) electrons. The Bertz CT molecular complexity index is 596. The van der Waals surface area contributed by atoms with Gasteiger partial charge in [-0.1, -0.05) is 13.8 Å². The highest BCUT2D eigenvalue weighted by atomic mass is 32.1. The van der Waals surface area contributed by atoms with E-state index < -0.39 is 0 Å². The maximum atomic E-state index is 5.20. The van der Waals surface area contributed by atoms with E-state index in [9.17, 15) is 0 Å². The van der Waals surface area contributed by atoms with Gasteiger partial charge < -0.3 is 9.30 Å². The number of thiazole rings is 1. The molecule has 98 valence electrons. The van der Waals surface area contributed by atoms with Crippen molar-refractivity contribution in [1.29, 1.82) is 0 Å². The summed E-state index contributed by atoms with van der Waals surface area (Å²) in [6.45, 7) is 4.74. The Morgan fingerprint density at radius 1 is 1.50 bits per heavy atom. The number of hydrogen-bond acceptors (Lipinski definition) is 5. The minimum Gasteiger partial charge on any atom is -0.378 e. The Morgan fingerprint density at radius 3 is 2.72 bits per heavy atom. The van der Waals surface area contributed by atoms with Gasteiger partial charge in [0.2, 0.25) is 0 Å². The van der Waals surface area contributed by atoms with Crippen molar-refractivity contribution in [3.63, 3.8) is 0 Å². The van der Waals surface area contributed by atoms with E-state index in [1.807, 2.05) is 11.6 Å². The predicted molar refractivity (Wildman–Crippen MR) is 74.3 cm³/mol. The normalized spacial score (nSPS) is 11.4. The lowest BCUT2D eigenvalue weighted by atomic mass is 10.2. The van der Waals surface area contributed by atoms with Gasteiger partial charge in [0.25, 0.3) is 0 Å². The average molecular weight is 284 g/mol. The van der Waals surface area contributed by atoms with Crippen molar-refractivity contribution in [2.45, 2.75) is 26.4 Å². The first-order chi connectivity index (χ1) is 8.54. The fraction of sp³-hybridized carbons (Fsp3) is 0.545. The SMILES string of the molecule is COCc1nc(C(C)C)sc1-c1n[nH]c(=S)n1C. The third-order valence-corrected chi connectivity index (χ3v) is 4.33. The number of hydrogen-bond donors (Lipinski definition) is 1. The van der Waals surface area contributed by atoms with E-state index in [-0.39, 0.29) is 0 Å². The van der Waals surface area contributed by atoms with Crippen molar-refractivity contribution < 1.29 is 4.74 Å². The van der Waals surface area contributed by atoms with E-state index in [0.29, 0.717) is 17.3 Å². The molecular weight excluding hydrogens is 268 g/mol. The molecule has 0 atom stereocenters. The molecule has 0 amide bonds. The van der Waals surface area contributed by atoms with Gasteiger partial charge in [0.1, 0.15) is 0 Å². The number of aromatic nitrogens is 4. The standard InChI is InChI=1S/C11H16N4OS2/c1-6(2)10-12-7(5-16-4)8(18-10)9-13-14-11(17)15(9)3/h6H,5H2,1-4H3,(H,14,17). The molecule has 0 bridgehead atoms. The topological polar surface area (TPSA) is 55.7 Å². The van der Waals surface area contributed by atoms with Crippen LogP contribution in [0.1, 0.15) is 30.5 Å². The first kappa shape index (κ1) is 13.4. The molecule has 18 heavy (non-hydrogen) atoms. The lowest BCUT2D eigenvalue weighted by Gasteiger charge is -2.00. The first-order valence-corrected chi connectivity index (χ1v) is 6.87. The highest BCUT2D eigenvalue weighted by Gasteiger charge is 2.18. The molecule has 0 spiro atoms. The maximum absolute atomic E-state index is 5.20. The number of ether oxygens (including phenoxy) is 1. The smallest absolute Gasteiger partial charge is 0.195 e. The summed E-state index contributed by atoms with van der Waals surface area (Å²) in [5.74, 6) is 1.21. The van der Waals surface area contributed by atoms with Gasteiger partial charge in [-0.3, -0.25) is 5.10 Å². The van der Waals surface area contributed by atoms with Crippen molar-refractivity contribution in [2.75, 3.05) is 7.11 Å². The molecule has 0 aliphatic rings. The molecular formula is C11H16N4OS2. The van der Waals surface area contributed by atoms with Gasteiger partial charge in [0.15, 0.2) is 10.6 Å². The van der Waals surface area contributed by atoms with Crippen molar-refractivity contribution >= 4 is 23.6 Å². The van der Waals surface area contributed by atoms with Crippen LogP contribution in [0.3, 0.4) is 0 Å². The van der Waals surface area contributed by atoms with Crippen molar-refractivity contribution in [3.05, 3.63) is 15.5 Å². The zero-order valence-electron chi connectivity index (χ0n) is 10.9. The van der Waals surface area contributed by atoms with Crippen LogP contribution in [0.2, 0.25) is 0 Å². The first-order valence-electron chi connectivity index (χ1n) is 5.65. The largest absolute Gasteiger partial charge is 0.378 e. The lowest BCUT2D eigenvalue weighted by molar-refractivity contribution is 0.182. The number of aromatic amines is 1. The number of nitrogens with zero attached hydrogens (tertiary/aromatic N) is 3. The molecule has 2 rings (SSSR count). The molecule has 0 fully saturated rings. The van der Waals surface area contributed by atoms with Crippen LogP contribution in [-0.4, -0.2) is 26.9 Å².